The molecule has 0 aliphatic carbocycles. The summed E-state index contributed by atoms with van der Waals surface area (Å²) in [5.41, 5.74) is 5.40. The van der Waals surface area contributed by atoms with E-state index < -0.39 is 5.60 Å². The van der Waals surface area contributed by atoms with Gasteiger partial charge in [-0.05, 0) is 40.7 Å². The van der Waals surface area contributed by atoms with E-state index in [1.54, 1.807) is 7.11 Å². The van der Waals surface area contributed by atoms with Crippen molar-refractivity contribution in [2.45, 2.75) is 58.7 Å². The minimum atomic E-state index is -0.472. The lowest BCUT2D eigenvalue weighted by Gasteiger charge is -2.35. The molecule has 0 aromatic rings. The van der Waals surface area contributed by atoms with E-state index >= 15 is 0 Å². The summed E-state index contributed by atoms with van der Waals surface area (Å²) in [6.45, 7) is 12.4. The lowest BCUT2D eigenvalue weighted by molar-refractivity contribution is 0.0506. The number of nitrogens with one attached hydrogen (secondary N) is 1. The van der Waals surface area contributed by atoms with Crippen LogP contribution in [0.2, 0.25) is 0 Å². The zero-order valence-electron chi connectivity index (χ0n) is 14.4. The first-order valence-electron chi connectivity index (χ1n) is 7.66. The quantitative estimate of drug-likeness (QED) is 0.676. The van der Waals surface area contributed by atoms with Crippen LogP contribution in [-0.2, 0) is 9.47 Å². The van der Waals surface area contributed by atoms with E-state index in [4.69, 9.17) is 15.2 Å². The van der Waals surface area contributed by atoms with Gasteiger partial charge in [-0.2, -0.15) is 0 Å². The lowest BCUT2D eigenvalue weighted by Crippen LogP contribution is -2.48. The normalized spacial score (nSPS) is 14.9. The maximum Gasteiger partial charge on any atom is 0.407 e. The first kappa shape index (κ1) is 20.1. The average Bonchev–Trinajstić information content (AvgIpc) is 2.35. The van der Waals surface area contributed by atoms with Crippen molar-refractivity contribution < 1.29 is 14.3 Å². The van der Waals surface area contributed by atoms with Crippen LogP contribution in [0.3, 0.4) is 0 Å². The van der Waals surface area contributed by atoms with Crippen LogP contribution in [0.25, 0.3) is 0 Å². The molecular weight excluding hydrogens is 270 g/mol. The Morgan fingerprint density at radius 1 is 1.38 bits per heavy atom. The molecule has 0 aliphatic heterocycles. The molecule has 0 spiro atoms. The predicted octanol–water partition coefficient (Wildman–Crippen LogP) is 1.59. The third kappa shape index (κ3) is 8.90. The maximum atomic E-state index is 11.6. The van der Waals surface area contributed by atoms with Crippen LogP contribution in [0, 0.1) is 0 Å². The highest BCUT2D eigenvalue weighted by Crippen LogP contribution is 2.09. The van der Waals surface area contributed by atoms with Crippen molar-refractivity contribution in [2.24, 2.45) is 5.73 Å². The number of rotatable bonds is 9. The zero-order valence-corrected chi connectivity index (χ0v) is 14.4. The number of carbonyl (C=O) groups excluding carboxylic acids is 1. The number of hydrogen-bond acceptors (Lipinski definition) is 5. The summed E-state index contributed by atoms with van der Waals surface area (Å²) in [4.78, 5) is 13.9. The van der Waals surface area contributed by atoms with Crippen molar-refractivity contribution in [1.29, 1.82) is 0 Å². The van der Waals surface area contributed by atoms with E-state index in [1.807, 2.05) is 20.8 Å². The summed E-state index contributed by atoms with van der Waals surface area (Å²) in [6.07, 6.45) is 0.406. The summed E-state index contributed by atoms with van der Waals surface area (Å²) in [5, 5.41) is 2.78. The standard InChI is InChI=1S/C15H33N3O3/c1-7-18(12(2)11-20-6)13(10-16)8-9-17-14(19)21-15(3,4)5/h12-13H,7-11,16H2,1-6H3,(H,17,19). The molecule has 2 unspecified atom stereocenters. The molecule has 0 aliphatic rings. The highest BCUT2D eigenvalue weighted by Gasteiger charge is 2.21. The van der Waals surface area contributed by atoms with E-state index in [0.717, 1.165) is 13.0 Å². The smallest absolute Gasteiger partial charge is 0.407 e. The molecule has 126 valence electrons. The number of ether oxygens (including phenoxy) is 2. The van der Waals surface area contributed by atoms with Gasteiger partial charge in [-0.25, -0.2) is 4.79 Å². The van der Waals surface area contributed by atoms with Crippen LogP contribution >= 0.6 is 0 Å². The molecule has 0 saturated carbocycles. The third-order valence-corrected chi connectivity index (χ3v) is 3.23. The van der Waals surface area contributed by atoms with Gasteiger partial charge in [-0.15, -0.1) is 0 Å². The summed E-state index contributed by atoms with van der Waals surface area (Å²) in [7, 11) is 1.70. The van der Waals surface area contributed by atoms with Crippen LogP contribution < -0.4 is 11.1 Å². The first-order chi connectivity index (χ1) is 9.75. The molecule has 6 heteroatoms. The van der Waals surface area contributed by atoms with E-state index in [-0.39, 0.29) is 12.1 Å². The van der Waals surface area contributed by atoms with Gasteiger partial charge in [0.05, 0.1) is 6.61 Å². The number of methoxy groups -OCH3 is 1. The van der Waals surface area contributed by atoms with Gasteiger partial charge < -0.3 is 20.5 Å². The van der Waals surface area contributed by atoms with Crippen molar-refractivity contribution in [3.05, 3.63) is 0 Å². The highest BCUT2D eigenvalue weighted by molar-refractivity contribution is 5.67. The SMILES string of the molecule is CCN(C(C)COC)C(CN)CCNC(=O)OC(C)(C)C. The highest BCUT2D eigenvalue weighted by atomic mass is 16.6. The number of nitrogens with two attached hydrogens (primary N) is 1. The summed E-state index contributed by atoms with van der Waals surface area (Å²) >= 11 is 0. The third-order valence-electron chi connectivity index (χ3n) is 3.23. The predicted molar refractivity (Wildman–Crippen MR) is 85.4 cm³/mol. The van der Waals surface area contributed by atoms with Crippen molar-refractivity contribution in [3.8, 4) is 0 Å². The van der Waals surface area contributed by atoms with E-state index in [2.05, 4.69) is 24.1 Å². The molecule has 0 saturated heterocycles. The Labute approximate surface area is 129 Å². The van der Waals surface area contributed by atoms with Gasteiger partial charge in [0.15, 0.2) is 0 Å². The van der Waals surface area contributed by atoms with Crippen molar-refractivity contribution >= 4 is 6.09 Å². The maximum absolute atomic E-state index is 11.6. The van der Waals surface area contributed by atoms with Crippen molar-refractivity contribution in [1.82, 2.24) is 10.2 Å². The topological polar surface area (TPSA) is 76.8 Å². The molecule has 0 rings (SSSR count). The second-order valence-corrected chi connectivity index (χ2v) is 6.24. The Morgan fingerprint density at radius 2 is 2.00 bits per heavy atom. The van der Waals surface area contributed by atoms with E-state index in [9.17, 15) is 4.79 Å². The van der Waals surface area contributed by atoms with Gasteiger partial charge in [0, 0.05) is 32.3 Å². The van der Waals surface area contributed by atoms with Gasteiger partial charge in [-0.3, -0.25) is 4.90 Å². The summed E-state index contributed by atoms with van der Waals surface area (Å²) in [6, 6.07) is 0.519. The fraction of sp³-hybridized carbons (Fsp3) is 0.933. The molecule has 0 aromatic heterocycles. The molecular formula is C15H33N3O3. The number of nitrogens with zero attached hydrogens (tertiary/aromatic N) is 1. The molecule has 0 heterocycles. The Bertz CT molecular complexity index is 292. The Balaban J connectivity index is 4.27. The molecule has 3 N–H and O–H groups in total. The zero-order chi connectivity index (χ0) is 16.5. The van der Waals surface area contributed by atoms with Crippen LogP contribution in [0.1, 0.15) is 41.0 Å². The van der Waals surface area contributed by atoms with Crippen LogP contribution in [0.4, 0.5) is 4.79 Å². The van der Waals surface area contributed by atoms with Gasteiger partial charge in [0.2, 0.25) is 0 Å². The second kappa shape index (κ2) is 9.97. The first-order valence-corrected chi connectivity index (χ1v) is 7.66. The van der Waals surface area contributed by atoms with Gasteiger partial charge in [0.1, 0.15) is 5.60 Å². The molecule has 21 heavy (non-hydrogen) atoms. The summed E-state index contributed by atoms with van der Waals surface area (Å²) in [5.74, 6) is 0. The minimum Gasteiger partial charge on any atom is -0.444 e. The van der Waals surface area contributed by atoms with Crippen molar-refractivity contribution in [2.75, 3.05) is 33.4 Å². The van der Waals surface area contributed by atoms with Crippen LogP contribution in [0.15, 0.2) is 0 Å². The molecule has 1 amide bonds. The number of carbonyl (C=O) groups is 1. The van der Waals surface area contributed by atoms with E-state index in [1.165, 1.54) is 0 Å². The Morgan fingerprint density at radius 3 is 2.43 bits per heavy atom. The monoisotopic (exact) mass is 303 g/mol. The number of alkyl carbamates (subject to hydrolysis) is 1. The Kier molecular flexibility index (Phi) is 9.57. The largest absolute Gasteiger partial charge is 0.444 e. The second-order valence-electron chi connectivity index (χ2n) is 6.24. The molecule has 0 bridgehead atoms. The molecule has 0 fully saturated rings. The van der Waals surface area contributed by atoms with E-state index in [0.29, 0.717) is 25.7 Å². The fourth-order valence-electron chi connectivity index (χ4n) is 2.34. The molecule has 0 aromatic carbocycles. The fourth-order valence-corrected chi connectivity index (χ4v) is 2.34. The van der Waals surface area contributed by atoms with Crippen LogP contribution in [0.5, 0.6) is 0 Å². The van der Waals surface area contributed by atoms with Crippen molar-refractivity contribution in [3.63, 3.8) is 0 Å². The lowest BCUT2D eigenvalue weighted by atomic mass is 10.1. The van der Waals surface area contributed by atoms with Gasteiger partial charge >= 0.3 is 6.09 Å². The molecule has 6 nitrogen and oxygen atoms in total. The summed E-state index contributed by atoms with van der Waals surface area (Å²) < 4.78 is 10.4. The molecule has 2 atom stereocenters. The minimum absolute atomic E-state index is 0.218. The number of hydrogen-bond donors (Lipinski definition) is 2. The van der Waals surface area contributed by atoms with Crippen LogP contribution in [-0.4, -0.2) is 62.0 Å². The number of likely N-dealkylation sites (N-methyl/N-ethyl adjacent to an activating group) is 1. The van der Waals surface area contributed by atoms with Gasteiger partial charge in [0.25, 0.3) is 0 Å². The Hall–Kier alpha value is -0.850. The van der Waals surface area contributed by atoms with Gasteiger partial charge in [-0.1, -0.05) is 6.92 Å². The molecule has 0 radical (unpaired) electrons. The number of amides is 1. The average molecular weight is 303 g/mol.